The lowest BCUT2D eigenvalue weighted by molar-refractivity contribution is -0.163. The van der Waals surface area contributed by atoms with E-state index in [2.05, 4.69) is 0 Å². The van der Waals surface area contributed by atoms with Gasteiger partial charge in [0.1, 0.15) is 0 Å². The molecule has 1 atom stereocenters. The molecule has 0 aromatic rings. The molecule has 0 aliphatic heterocycles. The lowest BCUT2D eigenvalue weighted by atomic mass is 10.00. The van der Waals surface area contributed by atoms with Gasteiger partial charge < -0.3 is 15.3 Å². The highest BCUT2D eigenvalue weighted by molar-refractivity contribution is 5.77. The monoisotopic (exact) mass is 148 g/mol. The fourth-order valence-electron chi connectivity index (χ4n) is 0.667. The summed E-state index contributed by atoms with van der Waals surface area (Å²) in [5, 5.41) is 25.9. The number of carbonyl (C=O) groups is 1. The predicted octanol–water partition coefficient (Wildman–Crippen LogP) is -0.406. The molecule has 10 heavy (non-hydrogen) atoms. The second kappa shape index (κ2) is 3.53. The van der Waals surface area contributed by atoms with Gasteiger partial charge in [0.15, 0.2) is 5.60 Å². The Labute approximate surface area is 59.1 Å². The van der Waals surface area contributed by atoms with Crippen LogP contribution in [-0.2, 0) is 4.79 Å². The van der Waals surface area contributed by atoms with Crippen LogP contribution >= 0.6 is 0 Å². The molecule has 0 aromatic carbocycles. The van der Waals surface area contributed by atoms with Crippen LogP contribution in [0.15, 0.2) is 0 Å². The van der Waals surface area contributed by atoms with E-state index < -0.39 is 18.2 Å². The second-order valence-electron chi connectivity index (χ2n) is 2.24. The minimum absolute atomic E-state index is 0.0822. The first-order valence-electron chi connectivity index (χ1n) is 3.13. The summed E-state index contributed by atoms with van der Waals surface area (Å²) < 4.78 is 0. The Bertz CT molecular complexity index is 123. The molecule has 0 aliphatic rings. The SMILES string of the molecule is CCCC(O)(CO)C(=O)O. The van der Waals surface area contributed by atoms with Crippen LogP contribution in [0, 0.1) is 0 Å². The van der Waals surface area contributed by atoms with E-state index in [-0.39, 0.29) is 6.42 Å². The van der Waals surface area contributed by atoms with Crippen molar-refractivity contribution in [2.45, 2.75) is 25.4 Å². The molecule has 0 saturated carbocycles. The van der Waals surface area contributed by atoms with Crippen molar-refractivity contribution in [1.82, 2.24) is 0 Å². The van der Waals surface area contributed by atoms with Crippen LogP contribution < -0.4 is 0 Å². The van der Waals surface area contributed by atoms with Gasteiger partial charge in [0.2, 0.25) is 0 Å². The number of hydrogen-bond acceptors (Lipinski definition) is 3. The van der Waals surface area contributed by atoms with Gasteiger partial charge in [-0.05, 0) is 6.42 Å². The Kier molecular flexibility index (Phi) is 3.32. The predicted molar refractivity (Wildman–Crippen MR) is 34.6 cm³/mol. The second-order valence-corrected chi connectivity index (χ2v) is 2.24. The summed E-state index contributed by atoms with van der Waals surface area (Å²) in [6.07, 6.45) is 0.613. The average molecular weight is 148 g/mol. The smallest absolute Gasteiger partial charge is 0.338 e. The number of carboxylic acids is 1. The minimum atomic E-state index is -1.94. The lowest BCUT2D eigenvalue weighted by Crippen LogP contribution is -2.42. The molecule has 60 valence electrons. The van der Waals surface area contributed by atoms with Crippen LogP contribution in [0.1, 0.15) is 19.8 Å². The fraction of sp³-hybridized carbons (Fsp3) is 0.833. The molecule has 0 saturated heterocycles. The Morgan fingerprint density at radius 2 is 2.10 bits per heavy atom. The van der Waals surface area contributed by atoms with Crippen molar-refractivity contribution >= 4 is 5.97 Å². The van der Waals surface area contributed by atoms with E-state index >= 15 is 0 Å². The van der Waals surface area contributed by atoms with Crippen LogP contribution in [0.4, 0.5) is 0 Å². The van der Waals surface area contributed by atoms with Crippen molar-refractivity contribution < 1.29 is 20.1 Å². The summed E-state index contributed by atoms with van der Waals surface area (Å²) >= 11 is 0. The third-order valence-electron chi connectivity index (χ3n) is 1.32. The number of rotatable bonds is 4. The first-order valence-corrected chi connectivity index (χ1v) is 3.13. The Hall–Kier alpha value is -0.610. The van der Waals surface area contributed by atoms with E-state index in [1.807, 2.05) is 0 Å². The largest absolute Gasteiger partial charge is 0.479 e. The van der Waals surface area contributed by atoms with E-state index in [0.29, 0.717) is 6.42 Å². The molecule has 0 heterocycles. The van der Waals surface area contributed by atoms with Crippen LogP contribution in [0.3, 0.4) is 0 Å². The molecule has 4 nitrogen and oxygen atoms in total. The van der Waals surface area contributed by atoms with E-state index in [0.717, 1.165) is 0 Å². The minimum Gasteiger partial charge on any atom is -0.479 e. The molecule has 0 fully saturated rings. The van der Waals surface area contributed by atoms with Gasteiger partial charge in [-0.1, -0.05) is 13.3 Å². The molecule has 0 amide bonds. The highest BCUT2D eigenvalue weighted by atomic mass is 16.4. The first kappa shape index (κ1) is 9.39. The standard InChI is InChI=1S/C6H12O4/c1-2-3-6(10,4-7)5(8)9/h7,10H,2-4H2,1H3,(H,8,9). The quantitative estimate of drug-likeness (QED) is 0.506. The molecule has 4 heteroatoms. The van der Waals surface area contributed by atoms with Crippen LogP contribution in [0.2, 0.25) is 0 Å². The third-order valence-corrected chi connectivity index (χ3v) is 1.32. The molecule has 1 unspecified atom stereocenters. The molecule has 0 spiro atoms. The number of hydrogen-bond donors (Lipinski definition) is 3. The maximum Gasteiger partial charge on any atom is 0.338 e. The summed E-state index contributed by atoms with van der Waals surface area (Å²) in [5.41, 5.74) is -1.94. The summed E-state index contributed by atoms with van der Waals surface area (Å²) in [7, 11) is 0. The van der Waals surface area contributed by atoms with Crippen molar-refractivity contribution in [3.05, 3.63) is 0 Å². The third kappa shape index (κ3) is 1.97. The Balaban J connectivity index is 4.08. The molecule has 0 bridgehead atoms. The van der Waals surface area contributed by atoms with Gasteiger partial charge >= 0.3 is 5.97 Å². The van der Waals surface area contributed by atoms with Gasteiger partial charge in [-0.3, -0.25) is 0 Å². The van der Waals surface area contributed by atoms with E-state index in [9.17, 15) is 4.79 Å². The fourth-order valence-corrected chi connectivity index (χ4v) is 0.667. The lowest BCUT2D eigenvalue weighted by Gasteiger charge is -2.18. The number of aliphatic hydroxyl groups excluding tert-OH is 1. The molecule has 3 N–H and O–H groups in total. The zero-order valence-corrected chi connectivity index (χ0v) is 5.87. The van der Waals surface area contributed by atoms with Crippen molar-refractivity contribution in [2.24, 2.45) is 0 Å². The summed E-state index contributed by atoms with van der Waals surface area (Å²) in [6.45, 7) is 1.01. The highest BCUT2D eigenvalue weighted by Crippen LogP contribution is 2.11. The van der Waals surface area contributed by atoms with E-state index in [4.69, 9.17) is 15.3 Å². The van der Waals surface area contributed by atoms with Gasteiger partial charge in [0.05, 0.1) is 6.61 Å². The van der Waals surface area contributed by atoms with Crippen LogP contribution in [-0.4, -0.2) is 33.5 Å². The topological polar surface area (TPSA) is 77.8 Å². The van der Waals surface area contributed by atoms with Crippen molar-refractivity contribution in [3.63, 3.8) is 0 Å². The number of carboxylic acid groups (broad SMARTS) is 1. The maximum absolute atomic E-state index is 10.2. The molecule has 0 aliphatic carbocycles. The van der Waals surface area contributed by atoms with Gasteiger partial charge in [-0.25, -0.2) is 4.79 Å². The van der Waals surface area contributed by atoms with Crippen LogP contribution in [0.5, 0.6) is 0 Å². The number of aliphatic hydroxyl groups is 2. The Morgan fingerprint density at radius 1 is 1.60 bits per heavy atom. The molecular weight excluding hydrogens is 136 g/mol. The zero-order chi connectivity index (χ0) is 8.20. The van der Waals surface area contributed by atoms with Crippen molar-refractivity contribution in [2.75, 3.05) is 6.61 Å². The molecular formula is C6H12O4. The summed E-state index contributed by atoms with van der Waals surface area (Å²) in [6, 6.07) is 0. The average Bonchev–Trinajstić information content (AvgIpc) is 1.88. The molecule has 0 radical (unpaired) electrons. The summed E-state index contributed by atoms with van der Waals surface area (Å²) in [5.74, 6) is -1.36. The molecule has 0 rings (SSSR count). The van der Waals surface area contributed by atoms with Gasteiger partial charge in [-0.15, -0.1) is 0 Å². The van der Waals surface area contributed by atoms with Gasteiger partial charge in [-0.2, -0.15) is 0 Å². The van der Waals surface area contributed by atoms with Gasteiger partial charge in [0.25, 0.3) is 0 Å². The highest BCUT2D eigenvalue weighted by Gasteiger charge is 2.33. The molecule has 0 aromatic heterocycles. The van der Waals surface area contributed by atoms with Gasteiger partial charge in [0, 0.05) is 0 Å². The van der Waals surface area contributed by atoms with Crippen LogP contribution in [0.25, 0.3) is 0 Å². The van der Waals surface area contributed by atoms with E-state index in [1.165, 1.54) is 0 Å². The normalized spacial score (nSPS) is 16.3. The number of aliphatic carboxylic acids is 1. The van der Waals surface area contributed by atoms with Crippen molar-refractivity contribution in [1.29, 1.82) is 0 Å². The van der Waals surface area contributed by atoms with Crippen molar-refractivity contribution in [3.8, 4) is 0 Å². The zero-order valence-electron chi connectivity index (χ0n) is 5.87. The van der Waals surface area contributed by atoms with E-state index in [1.54, 1.807) is 6.92 Å². The maximum atomic E-state index is 10.2. The Morgan fingerprint density at radius 3 is 2.20 bits per heavy atom. The summed E-state index contributed by atoms with van der Waals surface area (Å²) in [4.78, 5) is 10.2. The first-order chi connectivity index (χ1) is 4.56.